The van der Waals surface area contributed by atoms with Crippen molar-refractivity contribution in [2.24, 2.45) is 22.7 Å². The minimum Gasteiger partial charge on any atom is -0.385 e. The molecular weight excluding hydrogens is 837 g/mol. The van der Waals surface area contributed by atoms with Crippen molar-refractivity contribution < 1.29 is 19.1 Å². The average Bonchev–Trinajstić information content (AvgIpc) is 4.12. The fraction of sp³-hybridized carbons (Fsp3) is 0.782. The van der Waals surface area contributed by atoms with Crippen LogP contribution in [0.5, 0.6) is 0 Å². The third-order valence-corrected chi connectivity index (χ3v) is 16.3. The number of hydrogen-bond acceptors (Lipinski definition) is 10. The van der Waals surface area contributed by atoms with Crippen LogP contribution in [0.1, 0.15) is 136 Å². The smallest absolute Gasteiger partial charge is 0.241 e. The van der Waals surface area contributed by atoms with Gasteiger partial charge in [-0.25, -0.2) is 5.43 Å². The van der Waals surface area contributed by atoms with Crippen molar-refractivity contribution in [2.45, 2.75) is 169 Å². The number of rotatable bonds is 26. The quantitative estimate of drug-likeness (QED) is 0.0781. The van der Waals surface area contributed by atoms with E-state index < -0.39 is 0 Å². The van der Waals surface area contributed by atoms with E-state index in [2.05, 4.69) is 121 Å². The Morgan fingerprint density at radius 1 is 1.07 bits per heavy atom. The van der Waals surface area contributed by atoms with Crippen molar-refractivity contribution in [3.8, 4) is 11.8 Å². The highest BCUT2D eigenvalue weighted by molar-refractivity contribution is 5.79. The number of likely N-dealkylation sites (tertiary alicyclic amines) is 1. The molecule has 67 heavy (non-hydrogen) atoms. The van der Waals surface area contributed by atoms with Crippen LogP contribution in [0.3, 0.4) is 0 Å². The molecule has 6 unspecified atom stereocenters. The van der Waals surface area contributed by atoms with Gasteiger partial charge >= 0.3 is 0 Å². The van der Waals surface area contributed by atoms with Crippen LogP contribution in [0.2, 0.25) is 0 Å². The van der Waals surface area contributed by atoms with Crippen molar-refractivity contribution in [3.63, 3.8) is 0 Å². The standard InChI is InChI=1S/C55H90N8O4/c1-11-26-58(28-24-51(61-36-55(37-61)38-67-39-55)52(40(3)4)53(65)63-27-13-15-41(5)57-63)45-18-21-47-48(34-54(8,9)25-14-33-64)50(62(12-2)49(47)22-19-45)23-20-46(35-56-42(6)43(7)66-10)60-31-29-59(30-32-60)44-16-17-44/h19,22,33,40-41,43-46,51-52,56-57H,6,11-17,20,23-32,34-39H2,1-5,7-10H3. The second-order valence-corrected chi connectivity index (χ2v) is 22.6. The van der Waals surface area contributed by atoms with Crippen molar-refractivity contribution in [3.05, 3.63) is 40.9 Å². The number of nitrogens with zero attached hydrogens (tertiary/aromatic N) is 6. The first kappa shape index (κ1) is 51.8. The van der Waals surface area contributed by atoms with E-state index >= 15 is 0 Å². The molecule has 12 heteroatoms. The number of methoxy groups -OCH3 is 1. The second-order valence-electron chi connectivity index (χ2n) is 22.6. The molecule has 5 heterocycles. The molecule has 0 aromatic carbocycles. The minimum atomic E-state index is -0.0943. The molecule has 4 saturated heterocycles. The number of ether oxygens (including phenoxy) is 2. The van der Waals surface area contributed by atoms with Gasteiger partial charge in [-0.05, 0) is 114 Å². The van der Waals surface area contributed by atoms with Crippen LogP contribution in [-0.2, 0) is 38.4 Å². The van der Waals surface area contributed by atoms with Crippen LogP contribution in [0, 0.1) is 34.5 Å². The Kier molecular flexibility index (Phi) is 18.0. The molecule has 1 amide bonds. The van der Waals surface area contributed by atoms with E-state index in [4.69, 9.17) is 9.47 Å². The maximum absolute atomic E-state index is 14.5. The Bertz CT molecular complexity index is 1910. The third kappa shape index (κ3) is 12.7. The molecule has 0 radical (unpaired) electrons. The molecule has 12 nitrogen and oxygen atoms in total. The summed E-state index contributed by atoms with van der Waals surface area (Å²) in [5.74, 6) is 8.08. The SMILES string of the molecule is C=C(NCC(CCc1c(CC(C)(C)CCC=O)c2c(n1CC)C=CC(N(CCC)CCC(C(C(=O)N1CCCC(C)N1)C(C)C)N1CC3(COC3)C1)C#C2)N1CCN(C2CC2)CC1)C(C)OC. The zero-order valence-corrected chi connectivity index (χ0v) is 43.3. The Morgan fingerprint density at radius 2 is 1.82 bits per heavy atom. The van der Waals surface area contributed by atoms with Gasteiger partial charge in [0.25, 0.3) is 0 Å². The molecule has 1 aromatic heterocycles. The number of amides is 1. The molecule has 4 aliphatic heterocycles. The predicted octanol–water partition coefficient (Wildman–Crippen LogP) is 6.61. The molecule has 1 saturated carbocycles. The fourth-order valence-electron chi connectivity index (χ4n) is 12.0. The van der Waals surface area contributed by atoms with Gasteiger partial charge in [-0.1, -0.05) is 59.1 Å². The van der Waals surface area contributed by atoms with Crippen molar-refractivity contribution in [2.75, 3.05) is 85.8 Å². The molecular formula is C55H90N8O4. The van der Waals surface area contributed by atoms with E-state index in [9.17, 15) is 9.59 Å². The van der Waals surface area contributed by atoms with Gasteiger partial charge in [-0.3, -0.25) is 29.4 Å². The van der Waals surface area contributed by atoms with E-state index in [1.165, 1.54) is 35.4 Å². The van der Waals surface area contributed by atoms with Gasteiger partial charge in [0.15, 0.2) is 0 Å². The molecule has 1 spiro atoms. The van der Waals surface area contributed by atoms with Crippen LogP contribution < -0.4 is 10.7 Å². The lowest BCUT2D eigenvalue weighted by Crippen LogP contribution is -2.70. The summed E-state index contributed by atoms with van der Waals surface area (Å²) in [5.41, 5.74) is 9.82. The highest BCUT2D eigenvalue weighted by atomic mass is 16.5. The molecule has 6 atom stereocenters. The largest absolute Gasteiger partial charge is 0.385 e. The van der Waals surface area contributed by atoms with Gasteiger partial charge in [-0.2, -0.15) is 0 Å². The topological polar surface area (TPSA) is 97.8 Å². The molecule has 0 bridgehead atoms. The summed E-state index contributed by atoms with van der Waals surface area (Å²) < 4.78 is 13.9. The Morgan fingerprint density at radius 3 is 2.43 bits per heavy atom. The highest BCUT2D eigenvalue weighted by Gasteiger charge is 2.53. The number of hydrogen-bond donors (Lipinski definition) is 2. The number of aromatic nitrogens is 1. The van der Waals surface area contributed by atoms with Gasteiger partial charge in [0.05, 0.1) is 42.5 Å². The Labute approximate surface area is 405 Å². The lowest BCUT2D eigenvalue weighted by Gasteiger charge is -2.59. The Hall–Kier alpha value is -3.02. The maximum Gasteiger partial charge on any atom is 0.241 e. The molecule has 5 fully saturated rings. The van der Waals surface area contributed by atoms with E-state index in [1.54, 1.807) is 7.11 Å². The lowest BCUT2D eigenvalue weighted by molar-refractivity contribution is -0.206. The number of aldehydes is 1. The molecule has 2 N–H and O–H groups in total. The summed E-state index contributed by atoms with van der Waals surface area (Å²) in [4.78, 5) is 36.9. The number of piperazine rings is 1. The molecule has 7 rings (SSSR count). The van der Waals surface area contributed by atoms with Crippen molar-refractivity contribution in [1.82, 2.24) is 39.9 Å². The number of hydrazine groups is 1. The summed E-state index contributed by atoms with van der Waals surface area (Å²) in [5, 5.41) is 5.65. The first-order valence-electron chi connectivity index (χ1n) is 26.6. The van der Waals surface area contributed by atoms with E-state index in [1.807, 2.05) is 5.01 Å². The first-order valence-corrected chi connectivity index (χ1v) is 26.6. The molecule has 6 aliphatic rings. The van der Waals surface area contributed by atoms with Crippen molar-refractivity contribution >= 4 is 18.3 Å². The summed E-state index contributed by atoms with van der Waals surface area (Å²) in [6.07, 6.45) is 16.8. The van der Waals surface area contributed by atoms with Crippen molar-refractivity contribution in [1.29, 1.82) is 0 Å². The summed E-state index contributed by atoms with van der Waals surface area (Å²) >= 11 is 0. The lowest BCUT2D eigenvalue weighted by atomic mass is 9.74. The van der Waals surface area contributed by atoms with E-state index in [0.717, 1.165) is 155 Å². The third-order valence-electron chi connectivity index (χ3n) is 16.3. The van der Waals surface area contributed by atoms with Crippen LogP contribution in [0.25, 0.3) is 6.08 Å². The maximum atomic E-state index is 14.5. The van der Waals surface area contributed by atoms with Gasteiger partial charge in [0.1, 0.15) is 6.29 Å². The molecule has 1 aromatic rings. The fourth-order valence-corrected chi connectivity index (χ4v) is 12.0. The first-order chi connectivity index (χ1) is 32.2. The van der Waals surface area contributed by atoms with Gasteiger partial charge in [-0.15, -0.1) is 0 Å². The molecule has 374 valence electrons. The summed E-state index contributed by atoms with van der Waals surface area (Å²) in [7, 11) is 1.75. The zero-order valence-electron chi connectivity index (χ0n) is 43.3. The number of nitrogens with one attached hydrogen (secondary N) is 2. The summed E-state index contributed by atoms with van der Waals surface area (Å²) in [6, 6.07) is 1.57. The zero-order chi connectivity index (χ0) is 47.9. The molecule has 2 aliphatic carbocycles. The second kappa shape index (κ2) is 23.3. The van der Waals surface area contributed by atoms with Crippen LogP contribution in [-0.4, -0.2) is 163 Å². The predicted molar refractivity (Wildman–Crippen MR) is 271 cm³/mol. The van der Waals surface area contributed by atoms with E-state index in [0.29, 0.717) is 18.5 Å². The van der Waals surface area contributed by atoms with Gasteiger partial charge < -0.3 is 24.2 Å². The van der Waals surface area contributed by atoms with Crippen LogP contribution >= 0.6 is 0 Å². The minimum absolute atomic E-state index is 0.0365. The monoisotopic (exact) mass is 927 g/mol. The normalized spacial score (nSPS) is 24.0. The highest BCUT2D eigenvalue weighted by Crippen LogP contribution is 2.42. The average molecular weight is 927 g/mol. The number of carbonyl (C=O) groups excluding carboxylic acids is 2. The number of fused-ring (bicyclic) bond motifs is 1. The number of carbonyl (C=O) groups is 2. The van der Waals surface area contributed by atoms with Crippen LogP contribution in [0.15, 0.2) is 18.4 Å². The van der Waals surface area contributed by atoms with Gasteiger partial charge in [0.2, 0.25) is 5.91 Å². The Balaban J connectivity index is 1.14. The summed E-state index contributed by atoms with van der Waals surface area (Å²) in [6.45, 7) is 34.7. The van der Waals surface area contributed by atoms with Crippen LogP contribution in [0.4, 0.5) is 0 Å². The van der Waals surface area contributed by atoms with Gasteiger partial charge in [0, 0.05) is 120 Å². The van der Waals surface area contributed by atoms with E-state index in [-0.39, 0.29) is 46.8 Å².